The van der Waals surface area contributed by atoms with Gasteiger partial charge in [-0.2, -0.15) is 0 Å². The lowest BCUT2D eigenvalue weighted by atomic mass is 10.1. The van der Waals surface area contributed by atoms with Crippen molar-refractivity contribution in [2.75, 3.05) is 10.8 Å². The maximum absolute atomic E-state index is 14.1. The van der Waals surface area contributed by atoms with E-state index in [1.165, 1.54) is 17.0 Å². The van der Waals surface area contributed by atoms with Crippen LogP contribution in [0.5, 0.6) is 0 Å². The van der Waals surface area contributed by atoms with Gasteiger partial charge >= 0.3 is 0 Å². The summed E-state index contributed by atoms with van der Waals surface area (Å²) < 4.78 is 28.9. The topological polar surface area (TPSA) is 86.8 Å². The summed E-state index contributed by atoms with van der Waals surface area (Å²) in [6, 6.07) is 19.8. The summed E-state index contributed by atoms with van der Waals surface area (Å²) in [7, 11) is -4.18. The van der Waals surface area contributed by atoms with Crippen LogP contribution in [0.25, 0.3) is 0 Å². The van der Waals surface area contributed by atoms with Crippen LogP contribution in [0.4, 0.5) is 5.69 Å². The SMILES string of the molecule is CC[C@H](C)NC(=O)[C@H](CC)N(Cc1ccc(C)cc1)C(=O)CN(c1ccccc1Cl)S(=O)(=O)c1ccc(C)cc1. The van der Waals surface area contributed by atoms with Crippen molar-refractivity contribution in [2.24, 2.45) is 0 Å². The molecule has 0 unspecified atom stereocenters. The molecule has 7 nitrogen and oxygen atoms in total. The van der Waals surface area contributed by atoms with Gasteiger partial charge in [0.25, 0.3) is 10.0 Å². The first kappa shape index (κ1) is 31.2. The normalized spacial score (nSPS) is 12.8. The molecule has 0 heterocycles. The Morgan fingerprint density at radius 3 is 2.00 bits per heavy atom. The van der Waals surface area contributed by atoms with Gasteiger partial charge in [-0.25, -0.2) is 8.42 Å². The average Bonchev–Trinajstić information content (AvgIpc) is 2.93. The molecule has 2 atom stereocenters. The number of benzene rings is 3. The minimum atomic E-state index is -4.18. The van der Waals surface area contributed by atoms with E-state index in [9.17, 15) is 18.0 Å². The maximum Gasteiger partial charge on any atom is 0.264 e. The van der Waals surface area contributed by atoms with Gasteiger partial charge in [-0.05, 0) is 63.4 Å². The fraction of sp³-hybridized carbons (Fsp3) is 0.355. The molecule has 0 radical (unpaired) electrons. The van der Waals surface area contributed by atoms with Gasteiger partial charge in [0.15, 0.2) is 0 Å². The number of amides is 2. The summed E-state index contributed by atoms with van der Waals surface area (Å²) in [5.41, 5.74) is 2.99. The second-order valence-electron chi connectivity index (χ2n) is 10.0. The molecule has 0 saturated heterocycles. The Bertz CT molecular complexity index is 1410. The highest BCUT2D eigenvalue weighted by Gasteiger charge is 2.34. The lowest BCUT2D eigenvalue weighted by molar-refractivity contribution is -0.140. The first-order valence-electron chi connectivity index (χ1n) is 13.5. The first-order valence-corrected chi connectivity index (χ1v) is 15.3. The fourth-order valence-electron chi connectivity index (χ4n) is 4.26. The van der Waals surface area contributed by atoms with Gasteiger partial charge in [-0.3, -0.25) is 13.9 Å². The van der Waals surface area contributed by atoms with E-state index in [0.717, 1.165) is 27.4 Å². The summed E-state index contributed by atoms with van der Waals surface area (Å²) in [5, 5.41) is 3.17. The Kier molecular flexibility index (Phi) is 10.8. The minimum absolute atomic E-state index is 0.0393. The zero-order valence-corrected chi connectivity index (χ0v) is 25.3. The molecule has 214 valence electrons. The molecule has 0 aliphatic carbocycles. The largest absolute Gasteiger partial charge is 0.352 e. The van der Waals surface area contributed by atoms with E-state index in [-0.39, 0.29) is 34.1 Å². The summed E-state index contributed by atoms with van der Waals surface area (Å²) >= 11 is 6.46. The number of carbonyl (C=O) groups excluding carboxylic acids is 2. The van der Waals surface area contributed by atoms with Gasteiger partial charge in [0.1, 0.15) is 12.6 Å². The van der Waals surface area contributed by atoms with Crippen molar-refractivity contribution in [1.29, 1.82) is 0 Å². The predicted octanol–water partition coefficient (Wildman–Crippen LogP) is 5.87. The monoisotopic (exact) mass is 583 g/mol. The maximum atomic E-state index is 14.1. The third-order valence-corrected chi connectivity index (χ3v) is 8.96. The molecule has 9 heteroatoms. The lowest BCUT2D eigenvalue weighted by Crippen LogP contribution is -2.53. The van der Waals surface area contributed by atoms with Crippen molar-refractivity contribution in [1.82, 2.24) is 10.2 Å². The van der Waals surface area contributed by atoms with Crippen LogP contribution in [-0.2, 0) is 26.2 Å². The Labute approximate surface area is 243 Å². The van der Waals surface area contributed by atoms with Gasteiger partial charge in [-0.1, -0.05) is 85.1 Å². The number of rotatable bonds is 12. The van der Waals surface area contributed by atoms with E-state index < -0.39 is 28.5 Å². The van der Waals surface area contributed by atoms with Crippen LogP contribution in [0, 0.1) is 13.8 Å². The van der Waals surface area contributed by atoms with Gasteiger partial charge in [0, 0.05) is 12.6 Å². The number of carbonyl (C=O) groups is 2. The molecule has 0 aliphatic heterocycles. The molecule has 40 heavy (non-hydrogen) atoms. The Morgan fingerprint density at radius 1 is 0.875 bits per heavy atom. The number of nitrogens with one attached hydrogen (secondary N) is 1. The van der Waals surface area contributed by atoms with Gasteiger partial charge in [-0.15, -0.1) is 0 Å². The Hall–Kier alpha value is -3.36. The summed E-state index contributed by atoms with van der Waals surface area (Å²) in [6.45, 7) is 9.17. The Balaban J connectivity index is 2.06. The molecule has 0 aromatic heterocycles. The van der Waals surface area contributed by atoms with Crippen molar-refractivity contribution in [2.45, 2.75) is 71.0 Å². The Morgan fingerprint density at radius 2 is 1.45 bits per heavy atom. The van der Waals surface area contributed by atoms with Crippen molar-refractivity contribution in [3.05, 3.63) is 94.5 Å². The number of halogens is 1. The van der Waals surface area contributed by atoms with Crippen LogP contribution in [0.1, 0.15) is 50.3 Å². The molecule has 0 bridgehead atoms. The van der Waals surface area contributed by atoms with Crippen LogP contribution in [0.15, 0.2) is 77.7 Å². The average molecular weight is 584 g/mol. The molecule has 3 aromatic carbocycles. The van der Waals surface area contributed by atoms with Crippen LogP contribution in [0.2, 0.25) is 5.02 Å². The molecule has 2 amide bonds. The zero-order valence-electron chi connectivity index (χ0n) is 23.7. The number of anilines is 1. The molecule has 1 N–H and O–H groups in total. The summed E-state index contributed by atoms with van der Waals surface area (Å²) in [4.78, 5) is 28.9. The number of hydrogen-bond donors (Lipinski definition) is 1. The van der Waals surface area contributed by atoms with Crippen LogP contribution >= 0.6 is 11.6 Å². The van der Waals surface area contributed by atoms with E-state index in [4.69, 9.17) is 11.6 Å². The number of sulfonamides is 1. The predicted molar refractivity (Wildman–Crippen MR) is 161 cm³/mol. The number of hydrogen-bond acceptors (Lipinski definition) is 4. The highest BCUT2D eigenvalue weighted by Crippen LogP contribution is 2.31. The lowest BCUT2D eigenvalue weighted by Gasteiger charge is -2.34. The first-order chi connectivity index (χ1) is 19.0. The molecule has 0 spiro atoms. The van der Waals surface area contributed by atoms with Gasteiger partial charge in [0.2, 0.25) is 11.8 Å². The highest BCUT2D eigenvalue weighted by molar-refractivity contribution is 7.92. The second kappa shape index (κ2) is 13.8. The van der Waals surface area contributed by atoms with Crippen molar-refractivity contribution < 1.29 is 18.0 Å². The van der Waals surface area contributed by atoms with Crippen LogP contribution in [0.3, 0.4) is 0 Å². The number of aryl methyl sites for hydroxylation is 2. The van der Waals surface area contributed by atoms with Gasteiger partial charge in [0.05, 0.1) is 15.6 Å². The van der Waals surface area contributed by atoms with Crippen molar-refractivity contribution in [3.8, 4) is 0 Å². The van der Waals surface area contributed by atoms with Crippen molar-refractivity contribution in [3.63, 3.8) is 0 Å². The quantitative estimate of drug-likeness (QED) is 0.289. The number of nitrogens with zero attached hydrogens (tertiary/aromatic N) is 2. The fourth-order valence-corrected chi connectivity index (χ4v) is 5.98. The van der Waals surface area contributed by atoms with E-state index in [1.807, 2.05) is 58.9 Å². The summed E-state index contributed by atoms with van der Waals surface area (Å²) in [5.74, 6) is -0.787. The molecule has 0 fully saturated rings. The highest BCUT2D eigenvalue weighted by atomic mass is 35.5. The van der Waals surface area contributed by atoms with E-state index in [2.05, 4.69) is 5.32 Å². The summed E-state index contributed by atoms with van der Waals surface area (Å²) in [6.07, 6.45) is 1.10. The third kappa shape index (κ3) is 7.64. The van der Waals surface area contributed by atoms with Gasteiger partial charge < -0.3 is 10.2 Å². The second-order valence-corrected chi connectivity index (χ2v) is 12.3. The smallest absolute Gasteiger partial charge is 0.264 e. The zero-order chi connectivity index (χ0) is 29.4. The molecule has 0 saturated carbocycles. The van der Waals surface area contributed by atoms with Crippen LogP contribution in [-0.4, -0.2) is 43.8 Å². The van der Waals surface area contributed by atoms with E-state index in [0.29, 0.717) is 6.42 Å². The molecular formula is C31H38ClN3O4S. The van der Waals surface area contributed by atoms with E-state index >= 15 is 0 Å². The number of para-hydroxylation sites is 1. The third-order valence-electron chi connectivity index (χ3n) is 6.87. The molecule has 0 aliphatic rings. The van der Waals surface area contributed by atoms with E-state index in [1.54, 1.807) is 36.4 Å². The van der Waals surface area contributed by atoms with Crippen LogP contribution < -0.4 is 9.62 Å². The molecule has 3 aromatic rings. The van der Waals surface area contributed by atoms with Crippen molar-refractivity contribution >= 4 is 39.1 Å². The molecule has 3 rings (SSSR count). The molecular weight excluding hydrogens is 546 g/mol. The standard InChI is InChI=1S/C31H38ClN3O4S/c1-6-24(5)33-31(37)28(7-2)34(20-25-16-12-22(3)13-17-25)30(36)21-35(29-11-9-8-10-27(29)32)40(38,39)26-18-14-23(4)15-19-26/h8-19,24,28H,6-7,20-21H2,1-5H3,(H,33,37)/t24-,28-/m0/s1. The minimum Gasteiger partial charge on any atom is -0.352 e.